The van der Waals surface area contributed by atoms with E-state index in [2.05, 4.69) is 30.4 Å². The first-order chi connectivity index (χ1) is 12.6. The van der Waals surface area contributed by atoms with Crippen LogP contribution in [-0.2, 0) is 24.2 Å². The van der Waals surface area contributed by atoms with Gasteiger partial charge in [-0.3, -0.25) is 9.89 Å². The van der Waals surface area contributed by atoms with Crippen molar-refractivity contribution in [3.63, 3.8) is 0 Å². The van der Waals surface area contributed by atoms with Gasteiger partial charge in [-0.2, -0.15) is 5.10 Å². The molecule has 0 spiro atoms. The minimum absolute atomic E-state index is 0.0739. The van der Waals surface area contributed by atoms with E-state index >= 15 is 0 Å². The number of rotatable bonds is 5. The molecule has 2 aliphatic rings. The first-order valence-electron chi connectivity index (χ1n) is 9.09. The van der Waals surface area contributed by atoms with Gasteiger partial charge in [0.15, 0.2) is 11.5 Å². The van der Waals surface area contributed by atoms with Crippen LogP contribution in [0.5, 0.6) is 0 Å². The van der Waals surface area contributed by atoms with Crippen LogP contribution < -0.4 is 10.2 Å². The lowest BCUT2D eigenvalue weighted by atomic mass is 10.2. The Morgan fingerprint density at radius 2 is 2.31 bits per heavy atom. The Morgan fingerprint density at radius 3 is 3.15 bits per heavy atom. The van der Waals surface area contributed by atoms with Gasteiger partial charge < -0.3 is 15.0 Å². The van der Waals surface area contributed by atoms with E-state index in [1.165, 1.54) is 0 Å². The number of hydrogen-bond acceptors (Lipinski definition) is 6. The molecule has 0 saturated carbocycles. The van der Waals surface area contributed by atoms with Gasteiger partial charge in [-0.1, -0.05) is 0 Å². The Bertz CT molecular complexity index is 818. The highest BCUT2D eigenvalue weighted by molar-refractivity contribution is 5.94. The second-order valence-corrected chi connectivity index (χ2v) is 7.00. The minimum Gasteiger partial charge on any atom is -0.377 e. The lowest BCUT2D eigenvalue weighted by Crippen LogP contribution is -2.37. The average molecular weight is 356 g/mol. The number of aromatic nitrogens is 4. The number of H-pyrrole nitrogens is 1. The molecule has 1 atom stereocenters. The molecule has 8 nitrogen and oxygen atoms in total. The SMILES string of the molecule is COCc1nc(C)cc(N2CC[C@H](NC(=O)c3n[nH]c4c3CCC4)C2)n1. The zero-order chi connectivity index (χ0) is 18.1. The third kappa shape index (κ3) is 3.29. The molecular weight excluding hydrogens is 332 g/mol. The van der Waals surface area contributed by atoms with Crippen LogP contribution in [0, 0.1) is 6.92 Å². The van der Waals surface area contributed by atoms with E-state index in [1.807, 2.05) is 13.0 Å². The molecule has 0 radical (unpaired) electrons. The van der Waals surface area contributed by atoms with E-state index in [1.54, 1.807) is 7.11 Å². The van der Waals surface area contributed by atoms with Crippen molar-refractivity contribution >= 4 is 11.7 Å². The highest BCUT2D eigenvalue weighted by atomic mass is 16.5. The van der Waals surface area contributed by atoms with E-state index in [4.69, 9.17) is 4.74 Å². The van der Waals surface area contributed by atoms with Gasteiger partial charge in [-0.15, -0.1) is 0 Å². The summed E-state index contributed by atoms with van der Waals surface area (Å²) in [4.78, 5) is 23.8. The predicted molar refractivity (Wildman–Crippen MR) is 96.2 cm³/mol. The third-order valence-corrected chi connectivity index (χ3v) is 5.03. The fourth-order valence-corrected chi connectivity index (χ4v) is 3.81. The van der Waals surface area contributed by atoms with Crippen molar-refractivity contribution in [2.45, 2.75) is 45.3 Å². The van der Waals surface area contributed by atoms with Gasteiger partial charge in [0.05, 0.1) is 0 Å². The molecule has 2 aromatic heterocycles. The van der Waals surface area contributed by atoms with Crippen molar-refractivity contribution in [3.8, 4) is 0 Å². The van der Waals surface area contributed by atoms with Crippen molar-refractivity contribution < 1.29 is 9.53 Å². The van der Waals surface area contributed by atoms with Gasteiger partial charge in [0.1, 0.15) is 12.4 Å². The number of nitrogens with one attached hydrogen (secondary N) is 2. The van der Waals surface area contributed by atoms with Crippen LogP contribution in [0.3, 0.4) is 0 Å². The molecule has 4 rings (SSSR count). The number of hydrogen-bond donors (Lipinski definition) is 2. The van der Waals surface area contributed by atoms with E-state index < -0.39 is 0 Å². The van der Waals surface area contributed by atoms with E-state index in [-0.39, 0.29) is 11.9 Å². The van der Waals surface area contributed by atoms with Gasteiger partial charge in [-0.05, 0) is 32.6 Å². The number of nitrogens with zero attached hydrogens (tertiary/aromatic N) is 4. The minimum atomic E-state index is -0.0739. The molecule has 0 aromatic carbocycles. The maximum atomic E-state index is 12.6. The molecule has 0 unspecified atom stereocenters. The van der Waals surface area contributed by atoms with E-state index in [9.17, 15) is 4.79 Å². The van der Waals surface area contributed by atoms with E-state index in [0.29, 0.717) is 18.1 Å². The third-order valence-electron chi connectivity index (χ3n) is 5.03. The summed E-state index contributed by atoms with van der Waals surface area (Å²) in [6, 6.07) is 2.07. The Balaban J connectivity index is 1.41. The van der Waals surface area contributed by atoms with Crippen LogP contribution in [0.4, 0.5) is 5.82 Å². The first kappa shape index (κ1) is 17.0. The second-order valence-electron chi connectivity index (χ2n) is 7.00. The number of ether oxygens (including phenoxy) is 1. The summed E-state index contributed by atoms with van der Waals surface area (Å²) in [5.41, 5.74) is 3.69. The normalized spacial score (nSPS) is 19.0. The van der Waals surface area contributed by atoms with Gasteiger partial charge in [0, 0.05) is 49.3 Å². The molecule has 3 heterocycles. The summed E-state index contributed by atoms with van der Waals surface area (Å²) >= 11 is 0. The first-order valence-corrected chi connectivity index (χ1v) is 9.09. The van der Waals surface area contributed by atoms with Crippen LogP contribution in [0.25, 0.3) is 0 Å². The molecule has 0 bridgehead atoms. The van der Waals surface area contributed by atoms with Crippen LogP contribution >= 0.6 is 0 Å². The Kier molecular flexibility index (Phi) is 4.58. The van der Waals surface area contributed by atoms with Crippen molar-refractivity contribution in [1.82, 2.24) is 25.5 Å². The molecule has 8 heteroatoms. The fourth-order valence-electron chi connectivity index (χ4n) is 3.81. The largest absolute Gasteiger partial charge is 0.377 e. The number of aryl methyl sites for hydroxylation is 2. The smallest absolute Gasteiger partial charge is 0.272 e. The molecule has 1 saturated heterocycles. The van der Waals surface area contributed by atoms with Gasteiger partial charge in [-0.25, -0.2) is 9.97 Å². The summed E-state index contributed by atoms with van der Waals surface area (Å²) in [6.45, 7) is 3.94. The predicted octanol–water partition coefficient (Wildman–Crippen LogP) is 1.15. The molecule has 2 aromatic rings. The summed E-state index contributed by atoms with van der Waals surface area (Å²) in [6.07, 6.45) is 3.91. The summed E-state index contributed by atoms with van der Waals surface area (Å²) in [5.74, 6) is 1.50. The molecular formula is C18H24N6O2. The second kappa shape index (κ2) is 7.03. The van der Waals surface area contributed by atoms with Crippen LogP contribution in [-0.4, -0.2) is 52.3 Å². The van der Waals surface area contributed by atoms with Gasteiger partial charge in [0.2, 0.25) is 0 Å². The van der Waals surface area contributed by atoms with E-state index in [0.717, 1.165) is 61.5 Å². The maximum Gasteiger partial charge on any atom is 0.272 e. The molecule has 1 aliphatic carbocycles. The quantitative estimate of drug-likeness (QED) is 0.834. The molecule has 138 valence electrons. The van der Waals surface area contributed by atoms with Gasteiger partial charge >= 0.3 is 0 Å². The van der Waals surface area contributed by atoms with Crippen molar-refractivity contribution in [1.29, 1.82) is 0 Å². The highest BCUT2D eigenvalue weighted by Crippen LogP contribution is 2.24. The van der Waals surface area contributed by atoms with Crippen molar-refractivity contribution in [2.24, 2.45) is 0 Å². The van der Waals surface area contributed by atoms with Crippen molar-refractivity contribution in [2.75, 3.05) is 25.1 Å². The summed E-state index contributed by atoms with van der Waals surface area (Å²) in [7, 11) is 1.64. The molecule has 1 fully saturated rings. The molecule has 26 heavy (non-hydrogen) atoms. The monoisotopic (exact) mass is 356 g/mol. The number of fused-ring (bicyclic) bond motifs is 1. The number of aromatic amines is 1. The summed E-state index contributed by atoms with van der Waals surface area (Å²) < 4.78 is 5.14. The fraction of sp³-hybridized carbons (Fsp3) is 0.556. The number of carbonyl (C=O) groups excluding carboxylic acids is 1. The Hall–Kier alpha value is -2.48. The number of amides is 1. The van der Waals surface area contributed by atoms with Crippen LogP contribution in [0.1, 0.15) is 46.1 Å². The Labute approximate surface area is 152 Å². The number of carbonyl (C=O) groups is 1. The van der Waals surface area contributed by atoms with Crippen LogP contribution in [0.15, 0.2) is 6.07 Å². The lowest BCUT2D eigenvalue weighted by molar-refractivity contribution is 0.0934. The van der Waals surface area contributed by atoms with Crippen molar-refractivity contribution in [3.05, 3.63) is 34.5 Å². The van der Waals surface area contributed by atoms with Crippen LogP contribution in [0.2, 0.25) is 0 Å². The molecule has 2 N–H and O–H groups in total. The highest BCUT2D eigenvalue weighted by Gasteiger charge is 2.28. The molecule has 1 aliphatic heterocycles. The topological polar surface area (TPSA) is 96.0 Å². The lowest BCUT2D eigenvalue weighted by Gasteiger charge is -2.19. The average Bonchev–Trinajstić information content (AvgIpc) is 3.31. The summed E-state index contributed by atoms with van der Waals surface area (Å²) in [5, 5.41) is 10.4. The standard InChI is InChI=1S/C18H24N6O2/c1-11-8-16(21-15(19-11)10-26-2)24-7-6-12(9-24)20-18(25)17-13-4-3-5-14(13)22-23-17/h8,12H,3-7,9-10H2,1-2H3,(H,20,25)(H,22,23)/t12-/m0/s1. The maximum absolute atomic E-state index is 12.6. The Morgan fingerprint density at radius 1 is 1.42 bits per heavy atom. The number of methoxy groups -OCH3 is 1. The zero-order valence-electron chi connectivity index (χ0n) is 15.2. The zero-order valence-corrected chi connectivity index (χ0v) is 15.2. The number of anilines is 1. The molecule has 1 amide bonds. The van der Waals surface area contributed by atoms with Gasteiger partial charge in [0.25, 0.3) is 5.91 Å².